The van der Waals surface area contributed by atoms with E-state index in [0.717, 1.165) is 59.4 Å². The first-order chi connectivity index (χ1) is 19.8. The number of aryl methyl sites for hydroxylation is 1. The Labute approximate surface area is 244 Å². The van der Waals surface area contributed by atoms with Crippen LogP contribution in [0.2, 0.25) is 0 Å². The number of fused-ring (bicyclic) bond motifs is 2. The molecule has 4 nitrogen and oxygen atoms in total. The van der Waals surface area contributed by atoms with E-state index in [9.17, 15) is 9.90 Å². The van der Waals surface area contributed by atoms with Gasteiger partial charge in [0.05, 0.1) is 12.0 Å². The van der Waals surface area contributed by atoms with E-state index in [4.69, 9.17) is 4.74 Å². The second-order valence-corrected chi connectivity index (χ2v) is 12.1. The standard InChI is InChI=1S/C37H41NO3/c1-37(2,3)38-36(40)34(35-29-20-10-12-23-32(29)41-33-24-13-11-21-30(33)35)28-19-14-18-27(25-28)31(39)22-9-5-8-17-26-15-6-4-7-16-26/h4,6-7,10-16,18-21,23-25,31,34-35,39H,5,8-9,17,22H2,1-3H3,(H,38,40). The molecule has 4 heteroatoms. The maximum absolute atomic E-state index is 14.1. The number of aliphatic hydroxyl groups excluding tert-OH is 1. The SMILES string of the molecule is CC(C)(C)NC(=O)C(c1cccc(C(O)CCCCCc2ccccc2)c1)C1c2ccccc2Oc2ccccc21. The predicted molar refractivity (Wildman–Crippen MR) is 165 cm³/mol. The molecule has 2 N–H and O–H groups in total. The molecule has 2 atom stereocenters. The second-order valence-electron chi connectivity index (χ2n) is 12.1. The van der Waals surface area contributed by atoms with Gasteiger partial charge in [-0.1, -0.05) is 104 Å². The zero-order valence-electron chi connectivity index (χ0n) is 24.3. The molecule has 0 aliphatic carbocycles. The van der Waals surface area contributed by atoms with Crippen LogP contribution >= 0.6 is 0 Å². The highest BCUT2D eigenvalue weighted by Crippen LogP contribution is 2.50. The van der Waals surface area contributed by atoms with E-state index in [1.807, 2.05) is 87.5 Å². The van der Waals surface area contributed by atoms with Gasteiger partial charge < -0.3 is 15.2 Å². The second kappa shape index (κ2) is 12.7. The van der Waals surface area contributed by atoms with Crippen molar-refractivity contribution in [2.45, 2.75) is 76.4 Å². The van der Waals surface area contributed by atoms with Gasteiger partial charge in [-0.25, -0.2) is 0 Å². The van der Waals surface area contributed by atoms with Gasteiger partial charge in [-0.05, 0) is 68.9 Å². The Bertz CT molecular complexity index is 1410. The van der Waals surface area contributed by atoms with E-state index in [0.29, 0.717) is 6.42 Å². The van der Waals surface area contributed by atoms with Crippen molar-refractivity contribution in [3.8, 4) is 11.5 Å². The van der Waals surface area contributed by atoms with E-state index in [2.05, 4.69) is 41.7 Å². The summed E-state index contributed by atoms with van der Waals surface area (Å²) in [6, 6.07) is 34.5. The van der Waals surface area contributed by atoms with Gasteiger partial charge in [-0.3, -0.25) is 4.79 Å². The molecule has 5 rings (SSSR count). The monoisotopic (exact) mass is 547 g/mol. The number of hydrogen-bond acceptors (Lipinski definition) is 3. The molecule has 0 aromatic heterocycles. The van der Waals surface area contributed by atoms with Crippen molar-refractivity contribution in [1.82, 2.24) is 5.32 Å². The number of rotatable bonds is 10. The third-order valence-corrected chi connectivity index (χ3v) is 7.78. The van der Waals surface area contributed by atoms with Crippen LogP contribution in [-0.2, 0) is 11.2 Å². The maximum atomic E-state index is 14.1. The zero-order valence-corrected chi connectivity index (χ0v) is 24.3. The third-order valence-electron chi connectivity index (χ3n) is 7.78. The number of amides is 1. The van der Waals surface area contributed by atoms with Crippen molar-refractivity contribution in [3.63, 3.8) is 0 Å². The molecule has 0 spiro atoms. The highest BCUT2D eigenvalue weighted by Gasteiger charge is 2.39. The molecule has 1 heterocycles. The minimum atomic E-state index is -0.577. The number of carbonyl (C=O) groups excluding carboxylic acids is 1. The third kappa shape index (κ3) is 7.07. The fraction of sp³-hybridized carbons (Fsp3) is 0.324. The van der Waals surface area contributed by atoms with Crippen LogP contribution in [0.4, 0.5) is 0 Å². The van der Waals surface area contributed by atoms with Crippen molar-refractivity contribution >= 4 is 5.91 Å². The predicted octanol–water partition coefficient (Wildman–Crippen LogP) is 8.46. The van der Waals surface area contributed by atoms with Crippen molar-refractivity contribution in [2.75, 3.05) is 0 Å². The summed E-state index contributed by atoms with van der Waals surface area (Å²) in [4.78, 5) is 14.1. The summed E-state index contributed by atoms with van der Waals surface area (Å²) < 4.78 is 6.26. The molecule has 0 fully saturated rings. The molecule has 1 amide bonds. The topological polar surface area (TPSA) is 58.6 Å². The summed E-state index contributed by atoms with van der Waals surface area (Å²) in [5, 5.41) is 14.4. The molecule has 2 unspecified atom stereocenters. The van der Waals surface area contributed by atoms with Gasteiger partial charge in [0.1, 0.15) is 11.5 Å². The van der Waals surface area contributed by atoms with Gasteiger partial charge in [0.2, 0.25) is 5.91 Å². The van der Waals surface area contributed by atoms with Gasteiger partial charge >= 0.3 is 0 Å². The summed E-state index contributed by atoms with van der Waals surface area (Å²) >= 11 is 0. The smallest absolute Gasteiger partial charge is 0.228 e. The van der Waals surface area contributed by atoms with Crippen molar-refractivity contribution < 1.29 is 14.6 Å². The molecule has 4 aromatic rings. The Hall–Kier alpha value is -3.89. The first kappa shape index (κ1) is 28.6. The molecule has 4 aromatic carbocycles. The number of aliphatic hydroxyl groups is 1. The van der Waals surface area contributed by atoms with Gasteiger partial charge in [0.25, 0.3) is 0 Å². The molecule has 0 saturated carbocycles. The number of unbranched alkanes of at least 4 members (excludes halogenated alkanes) is 2. The summed E-state index contributed by atoms with van der Waals surface area (Å²) in [7, 11) is 0. The fourth-order valence-electron chi connectivity index (χ4n) is 5.86. The molecular formula is C37H41NO3. The van der Waals surface area contributed by atoms with Crippen molar-refractivity contribution in [2.24, 2.45) is 0 Å². The number of para-hydroxylation sites is 2. The van der Waals surface area contributed by atoms with E-state index < -0.39 is 17.6 Å². The number of carbonyl (C=O) groups is 1. The Morgan fingerprint density at radius 1 is 0.780 bits per heavy atom. The van der Waals surface area contributed by atoms with Crippen LogP contribution in [-0.4, -0.2) is 16.6 Å². The summed E-state index contributed by atoms with van der Waals surface area (Å²) in [6.07, 6.45) is 4.30. The van der Waals surface area contributed by atoms with E-state index in [1.165, 1.54) is 5.56 Å². The highest BCUT2D eigenvalue weighted by molar-refractivity contribution is 5.87. The van der Waals surface area contributed by atoms with Crippen LogP contribution in [0.3, 0.4) is 0 Å². The minimum Gasteiger partial charge on any atom is -0.457 e. The van der Waals surface area contributed by atoms with Gasteiger partial charge in [-0.15, -0.1) is 0 Å². The van der Waals surface area contributed by atoms with Crippen LogP contribution < -0.4 is 10.1 Å². The van der Waals surface area contributed by atoms with Crippen molar-refractivity contribution in [1.29, 1.82) is 0 Å². The fourth-order valence-corrected chi connectivity index (χ4v) is 5.86. The summed E-state index contributed by atoms with van der Waals surface area (Å²) in [5.74, 6) is 0.775. The van der Waals surface area contributed by atoms with Gasteiger partial charge in [-0.2, -0.15) is 0 Å². The van der Waals surface area contributed by atoms with Crippen LogP contribution in [0.1, 0.15) is 92.2 Å². The lowest BCUT2D eigenvalue weighted by molar-refractivity contribution is -0.124. The molecule has 1 aliphatic heterocycles. The summed E-state index contributed by atoms with van der Waals surface area (Å²) in [5.41, 5.74) is 4.69. The number of benzene rings is 4. The molecule has 41 heavy (non-hydrogen) atoms. The van der Waals surface area contributed by atoms with Crippen LogP contribution in [0.25, 0.3) is 0 Å². The first-order valence-electron chi connectivity index (χ1n) is 14.8. The van der Waals surface area contributed by atoms with Gasteiger partial charge in [0, 0.05) is 22.6 Å². The Morgan fingerprint density at radius 3 is 2.05 bits per heavy atom. The van der Waals surface area contributed by atoms with Crippen LogP contribution in [0, 0.1) is 0 Å². The van der Waals surface area contributed by atoms with E-state index in [-0.39, 0.29) is 11.8 Å². The lowest BCUT2D eigenvalue weighted by Crippen LogP contribution is -2.44. The lowest BCUT2D eigenvalue weighted by Gasteiger charge is -2.35. The first-order valence-corrected chi connectivity index (χ1v) is 14.8. The Kier molecular flexibility index (Phi) is 8.90. The molecule has 212 valence electrons. The van der Waals surface area contributed by atoms with Crippen LogP contribution in [0.5, 0.6) is 11.5 Å². The van der Waals surface area contributed by atoms with E-state index >= 15 is 0 Å². The highest BCUT2D eigenvalue weighted by atomic mass is 16.5. The number of nitrogens with one attached hydrogen (secondary N) is 1. The van der Waals surface area contributed by atoms with Crippen molar-refractivity contribution in [3.05, 3.63) is 131 Å². The quantitative estimate of drug-likeness (QED) is 0.196. The van der Waals surface area contributed by atoms with E-state index in [1.54, 1.807) is 0 Å². The van der Waals surface area contributed by atoms with Crippen LogP contribution in [0.15, 0.2) is 103 Å². The zero-order chi connectivity index (χ0) is 28.8. The maximum Gasteiger partial charge on any atom is 0.228 e. The Balaban J connectivity index is 1.40. The summed E-state index contributed by atoms with van der Waals surface area (Å²) in [6.45, 7) is 6.02. The molecular weight excluding hydrogens is 506 g/mol. The molecule has 1 aliphatic rings. The average Bonchev–Trinajstić information content (AvgIpc) is 2.96. The number of hydrogen-bond donors (Lipinski definition) is 2. The molecule has 0 bridgehead atoms. The lowest BCUT2D eigenvalue weighted by atomic mass is 9.74. The Morgan fingerprint density at radius 2 is 1.39 bits per heavy atom. The number of ether oxygens (including phenoxy) is 1. The molecule has 0 saturated heterocycles. The minimum absolute atomic E-state index is 0.0402. The normalized spacial score (nSPS) is 14.3. The molecule has 0 radical (unpaired) electrons. The largest absolute Gasteiger partial charge is 0.457 e. The average molecular weight is 548 g/mol. The van der Waals surface area contributed by atoms with Gasteiger partial charge in [0.15, 0.2) is 0 Å².